The molecule has 0 spiro atoms. The Kier molecular flexibility index (Phi) is 6.82. The van der Waals surface area contributed by atoms with Crippen molar-refractivity contribution >= 4 is 28.1 Å². The Bertz CT molecular complexity index is 574. The van der Waals surface area contributed by atoms with Crippen molar-refractivity contribution in [1.82, 2.24) is 10.3 Å². The Balaban J connectivity index is 1.93. The van der Waals surface area contributed by atoms with Crippen LogP contribution in [0.4, 0.5) is 0 Å². The van der Waals surface area contributed by atoms with Crippen LogP contribution in [0.2, 0.25) is 0 Å². The molecule has 0 atom stereocenters. The molecule has 0 unspecified atom stereocenters. The molecule has 0 bridgehead atoms. The Labute approximate surface area is 143 Å². The van der Waals surface area contributed by atoms with Crippen LogP contribution < -0.4 is 14.9 Å². The molecule has 0 saturated carbocycles. The number of nitrogens with zero attached hydrogens (tertiary/aromatic N) is 2. The van der Waals surface area contributed by atoms with Gasteiger partial charge < -0.3 is 14.2 Å². The van der Waals surface area contributed by atoms with Crippen LogP contribution in [-0.2, 0) is 9.53 Å². The van der Waals surface area contributed by atoms with Gasteiger partial charge in [0.15, 0.2) is 11.5 Å². The number of carbonyl (C=O) groups is 1. The molecule has 1 N–H and O–H groups in total. The van der Waals surface area contributed by atoms with E-state index in [1.165, 1.54) is 0 Å². The fourth-order valence-electron chi connectivity index (χ4n) is 2.14. The van der Waals surface area contributed by atoms with E-state index in [4.69, 9.17) is 14.2 Å². The van der Waals surface area contributed by atoms with Gasteiger partial charge >= 0.3 is 0 Å². The van der Waals surface area contributed by atoms with Crippen LogP contribution in [0.15, 0.2) is 21.7 Å². The van der Waals surface area contributed by atoms with E-state index in [1.807, 2.05) is 4.90 Å². The molecule has 1 fully saturated rings. The summed E-state index contributed by atoms with van der Waals surface area (Å²) in [6.45, 7) is 3.16. The standard InChI is InChI=1S/C15H20BrN3O4/c1-21-13-7-11(12(16)8-14(13)22-2)9-17-18-15(20)10-19-3-5-23-6-4-19/h7-9H,3-6,10H2,1-2H3,(H,18,20). The number of benzene rings is 1. The molecular weight excluding hydrogens is 366 g/mol. The molecule has 7 nitrogen and oxygen atoms in total. The molecule has 2 rings (SSSR count). The number of rotatable bonds is 6. The summed E-state index contributed by atoms with van der Waals surface area (Å²) in [5, 5.41) is 3.99. The number of methoxy groups -OCH3 is 2. The molecule has 23 heavy (non-hydrogen) atoms. The molecule has 1 aromatic carbocycles. The first-order valence-corrected chi connectivity index (χ1v) is 7.97. The molecule has 8 heteroatoms. The Morgan fingerprint density at radius 2 is 2.00 bits per heavy atom. The Hall–Kier alpha value is -1.64. The summed E-state index contributed by atoms with van der Waals surface area (Å²) in [5.41, 5.74) is 3.30. The van der Waals surface area contributed by atoms with Gasteiger partial charge in [-0.15, -0.1) is 0 Å². The number of amides is 1. The third-order valence-corrected chi connectivity index (χ3v) is 4.05. The van der Waals surface area contributed by atoms with E-state index in [0.29, 0.717) is 31.3 Å². The number of halogens is 1. The number of hydrogen-bond donors (Lipinski definition) is 1. The highest BCUT2D eigenvalue weighted by atomic mass is 79.9. The zero-order valence-corrected chi connectivity index (χ0v) is 14.8. The molecule has 0 radical (unpaired) electrons. The second-order valence-corrected chi connectivity index (χ2v) is 5.76. The summed E-state index contributed by atoms with van der Waals surface area (Å²) in [7, 11) is 3.14. The average molecular weight is 386 g/mol. The molecule has 0 aliphatic carbocycles. The lowest BCUT2D eigenvalue weighted by atomic mass is 10.2. The molecule has 1 aliphatic rings. The summed E-state index contributed by atoms with van der Waals surface area (Å²) in [5.74, 6) is 1.06. The molecule has 1 aliphatic heterocycles. The fraction of sp³-hybridized carbons (Fsp3) is 0.467. The second-order valence-electron chi connectivity index (χ2n) is 4.91. The highest BCUT2D eigenvalue weighted by Gasteiger charge is 2.13. The first-order chi connectivity index (χ1) is 11.1. The lowest BCUT2D eigenvalue weighted by molar-refractivity contribution is -0.123. The van der Waals surface area contributed by atoms with Crippen LogP contribution in [0.25, 0.3) is 0 Å². The molecule has 1 aromatic rings. The van der Waals surface area contributed by atoms with Gasteiger partial charge in [-0.2, -0.15) is 5.10 Å². The lowest BCUT2D eigenvalue weighted by Gasteiger charge is -2.25. The van der Waals surface area contributed by atoms with Crippen molar-refractivity contribution in [3.8, 4) is 11.5 Å². The Morgan fingerprint density at radius 3 is 2.65 bits per heavy atom. The summed E-state index contributed by atoms with van der Waals surface area (Å²) in [6.07, 6.45) is 1.56. The van der Waals surface area contributed by atoms with E-state index in [-0.39, 0.29) is 5.91 Å². The van der Waals surface area contributed by atoms with E-state index in [0.717, 1.165) is 23.1 Å². The predicted octanol–water partition coefficient (Wildman–Crippen LogP) is 1.25. The van der Waals surface area contributed by atoms with Crippen LogP contribution in [0.5, 0.6) is 11.5 Å². The number of hydrogen-bond acceptors (Lipinski definition) is 6. The lowest BCUT2D eigenvalue weighted by Crippen LogP contribution is -2.42. The van der Waals surface area contributed by atoms with Gasteiger partial charge in [0.25, 0.3) is 5.91 Å². The van der Waals surface area contributed by atoms with Crippen LogP contribution in [0, 0.1) is 0 Å². The van der Waals surface area contributed by atoms with Crippen molar-refractivity contribution in [3.63, 3.8) is 0 Å². The van der Waals surface area contributed by atoms with E-state index in [1.54, 1.807) is 32.6 Å². The van der Waals surface area contributed by atoms with Crippen molar-refractivity contribution < 1.29 is 19.0 Å². The summed E-state index contributed by atoms with van der Waals surface area (Å²) >= 11 is 3.44. The minimum Gasteiger partial charge on any atom is -0.493 e. The molecule has 1 saturated heterocycles. The topological polar surface area (TPSA) is 72.4 Å². The van der Waals surface area contributed by atoms with Crippen molar-refractivity contribution in [2.45, 2.75) is 0 Å². The zero-order valence-electron chi connectivity index (χ0n) is 13.2. The van der Waals surface area contributed by atoms with Crippen molar-refractivity contribution in [1.29, 1.82) is 0 Å². The number of morpholine rings is 1. The van der Waals surface area contributed by atoms with Gasteiger partial charge in [-0.05, 0) is 28.1 Å². The SMILES string of the molecule is COc1cc(Br)c(C=NNC(=O)CN2CCOCC2)cc1OC. The van der Waals surface area contributed by atoms with Crippen molar-refractivity contribution in [2.24, 2.45) is 5.10 Å². The monoisotopic (exact) mass is 385 g/mol. The quantitative estimate of drug-likeness (QED) is 0.589. The maximum Gasteiger partial charge on any atom is 0.254 e. The van der Waals surface area contributed by atoms with Crippen LogP contribution in [0.3, 0.4) is 0 Å². The van der Waals surface area contributed by atoms with Gasteiger partial charge in [-0.3, -0.25) is 9.69 Å². The minimum atomic E-state index is -0.153. The van der Waals surface area contributed by atoms with E-state index < -0.39 is 0 Å². The summed E-state index contributed by atoms with van der Waals surface area (Å²) < 4.78 is 16.5. The van der Waals surface area contributed by atoms with E-state index >= 15 is 0 Å². The third kappa shape index (κ3) is 5.19. The van der Waals surface area contributed by atoms with Gasteiger partial charge in [0, 0.05) is 23.1 Å². The highest BCUT2D eigenvalue weighted by molar-refractivity contribution is 9.10. The van der Waals surface area contributed by atoms with Crippen molar-refractivity contribution in [3.05, 3.63) is 22.2 Å². The van der Waals surface area contributed by atoms with E-state index in [9.17, 15) is 4.79 Å². The first kappa shape index (κ1) is 17.7. The predicted molar refractivity (Wildman–Crippen MR) is 90.2 cm³/mol. The third-order valence-electron chi connectivity index (χ3n) is 3.37. The number of ether oxygens (including phenoxy) is 3. The number of hydrazone groups is 1. The van der Waals surface area contributed by atoms with E-state index in [2.05, 4.69) is 26.5 Å². The summed E-state index contributed by atoms with van der Waals surface area (Å²) in [6, 6.07) is 3.57. The maximum absolute atomic E-state index is 11.8. The van der Waals surface area contributed by atoms with Gasteiger partial charge in [-0.25, -0.2) is 5.43 Å². The Morgan fingerprint density at radius 1 is 1.35 bits per heavy atom. The normalized spacial score (nSPS) is 15.6. The molecule has 126 valence electrons. The minimum absolute atomic E-state index is 0.153. The molecular formula is C15H20BrN3O4. The van der Waals surface area contributed by atoms with Crippen LogP contribution in [0.1, 0.15) is 5.56 Å². The maximum atomic E-state index is 11.8. The zero-order chi connectivity index (χ0) is 16.7. The number of nitrogens with one attached hydrogen (secondary N) is 1. The average Bonchev–Trinajstić information content (AvgIpc) is 2.56. The molecule has 1 amide bonds. The van der Waals surface area contributed by atoms with Crippen molar-refractivity contribution in [2.75, 3.05) is 47.1 Å². The smallest absolute Gasteiger partial charge is 0.254 e. The van der Waals surface area contributed by atoms with Crippen LogP contribution >= 0.6 is 15.9 Å². The van der Waals surface area contributed by atoms with Gasteiger partial charge in [0.1, 0.15) is 0 Å². The largest absolute Gasteiger partial charge is 0.493 e. The van der Waals surface area contributed by atoms with Crippen LogP contribution in [-0.4, -0.2) is 64.1 Å². The van der Waals surface area contributed by atoms with Gasteiger partial charge in [0.05, 0.1) is 40.2 Å². The summed E-state index contributed by atoms with van der Waals surface area (Å²) in [4.78, 5) is 13.9. The fourth-order valence-corrected chi connectivity index (χ4v) is 2.57. The first-order valence-electron chi connectivity index (χ1n) is 7.17. The highest BCUT2D eigenvalue weighted by Crippen LogP contribution is 2.32. The molecule has 1 heterocycles. The second kappa shape index (κ2) is 8.85. The number of carbonyl (C=O) groups excluding carboxylic acids is 1. The van der Waals surface area contributed by atoms with Gasteiger partial charge in [0.2, 0.25) is 0 Å². The molecule has 0 aromatic heterocycles. The van der Waals surface area contributed by atoms with Gasteiger partial charge in [-0.1, -0.05) is 0 Å².